The molecule has 0 fully saturated rings. The van der Waals surface area contributed by atoms with Crippen LogP contribution < -0.4 is 5.46 Å². The molecular weight excluding hydrogens is 238 g/mol. The topological polar surface area (TPSA) is 69.1 Å². The smallest absolute Gasteiger partial charge is 0.423 e. The monoisotopic (exact) mass is 256 g/mol. The van der Waals surface area contributed by atoms with Crippen LogP contribution in [0, 0.1) is 0 Å². The first-order valence-corrected chi connectivity index (χ1v) is 6.06. The van der Waals surface area contributed by atoms with Crippen LogP contribution in [0.2, 0.25) is 5.15 Å². The lowest BCUT2D eigenvalue weighted by atomic mass is 9.80. The van der Waals surface area contributed by atoms with Gasteiger partial charge in [-0.25, -0.2) is 4.98 Å². The van der Waals surface area contributed by atoms with Crippen molar-refractivity contribution >= 4 is 35.2 Å². The number of hydrogen-bond donors (Lipinski definition) is 3. The molecule has 2 aromatic heterocycles. The van der Waals surface area contributed by atoms with Crippen LogP contribution in [0.5, 0.6) is 0 Å². The van der Waals surface area contributed by atoms with Crippen molar-refractivity contribution in [1.29, 1.82) is 0 Å². The van der Waals surface area contributed by atoms with E-state index in [1.54, 1.807) is 12.1 Å². The van der Waals surface area contributed by atoms with Crippen LogP contribution in [0.1, 0.15) is 27.7 Å². The van der Waals surface area contributed by atoms with Crippen LogP contribution in [0.15, 0.2) is 18.3 Å². The highest BCUT2D eigenvalue weighted by atomic mass is 35.5. The van der Waals surface area contributed by atoms with E-state index in [0.29, 0.717) is 21.6 Å². The zero-order chi connectivity index (χ0) is 13.4. The van der Waals surface area contributed by atoms with Gasteiger partial charge in [0, 0.05) is 17.0 Å². The Kier molecular flexibility index (Phi) is 7.62. The zero-order valence-electron chi connectivity index (χ0n) is 10.5. The second kappa shape index (κ2) is 8.11. The first-order chi connectivity index (χ1) is 8.18. The number of aromatic nitrogens is 2. The number of nitrogens with one attached hydrogen (secondary N) is 1. The number of pyridine rings is 1. The highest BCUT2D eigenvalue weighted by molar-refractivity contribution is 6.62. The highest BCUT2D eigenvalue weighted by Gasteiger charge is 2.16. The van der Waals surface area contributed by atoms with Gasteiger partial charge in [0.1, 0.15) is 10.8 Å². The van der Waals surface area contributed by atoms with Crippen molar-refractivity contribution in [2.24, 2.45) is 0 Å². The minimum Gasteiger partial charge on any atom is -0.423 e. The average molecular weight is 257 g/mol. The Morgan fingerprint density at radius 2 is 1.76 bits per heavy atom. The number of fused-ring (bicyclic) bond motifs is 1. The lowest BCUT2D eigenvalue weighted by molar-refractivity contribution is 0.426. The van der Waals surface area contributed by atoms with E-state index in [2.05, 4.69) is 9.97 Å². The van der Waals surface area contributed by atoms with Gasteiger partial charge >= 0.3 is 7.12 Å². The molecule has 17 heavy (non-hydrogen) atoms. The summed E-state index contributed by atoms with van der Waals surface area (Å²) in [5.74, 6) is 0. The molecule has 0 saturated carbocycles. The summed E-state index contributed by atoms with van der Waals surface area (Å²) in [6.07, 6.45) is 1.50. The van der Waals surface area contributed by atoms with E-state index < -0.39 is 7.12 Å². The Labute approximate surface area is 107 Å². The fourth-order valence-corrected chi connectivity index (χ4v) is 1.36. The maximum Gasteiger partial charge on any atom is 0.490 e. The van der Waals surface area contributed by atoms with Crippen molar-refractivity contribution < 1.29 is 10.0 Å². The normalized spacial score (nSPS) is 8.88. The standard InChI is InChI=1S/C7H6BClN2O2.2C2H6/c9-6-2-1-4-5(8(12)13)3-10-7(4)11-6;2*1-2/h1-3,12-13H,(H,10,11);2*1-2H3. The Balaban J connectivity index is 0.000000581. The first-order valence-electron chi connectivity index (χ1n) is 5.68. The van der Waals surface area contributed by atoms with Crippen LogP contribution in [0.3, 0.4) is 0 Å². The van der Waals surface area contributed by atoms with Gasteiger partial charge in [-0.05, 0) is 12.1 Å². The zero-order valence-corrected chi connectivity index (χ0v) is 11.3. The van der Waals surface area contributed by atoms with E-state index >= 15 is 0 Å². The van der Waals surface area contributed by atoms with Crippen LogP contribution in [-0.2, 0) is 0 Å². The molecule has 0 bridgehead atoms. The second-order valence-corrected chi connectivity index (χ2v) is 3.04. The van der Waals surface area contributed by atoms with Crippen molar-refractivity contribution in [3.05, 3.63) is 23.5 Å². The Hall–Kier alpha value is -1.04. The predicted octanol–water partition coefficient (Wildman–Crippen LogP) is 1.95. The molecule has 0 saturated heterocycles. The van der Waals surface area contributed by atoms with Crippen molar-refractivity contribution in [3.63, 3.8) is 0 Å². The van der Waals surface area contributed by atoms with Crippen LogP contribution in [-0.4, -0.2) is 27.1 Å². The largest absolute Gasteiger partial charge is 0.490 e. The average Bonchev–Trinajstić information content (AvgIpc) is 2.77. The fourth-order valence-electron chi connectivity index (χ4n) is 1.22. The number of H-pyrrole nitrogens is 1. The summed E-state index contributed by atoms with van der Waals surface area (Å²) < 4.78 is 0. The molecule has 4 nitrogen and oxygen atoms in total. The second-order valence-electron chi connectivity index (χ2n) is 2.65. The molecule has 0 aliphatic heterocycles. The van der Waals surface area contributed by atoms with Gasteiger partial charge in [0.15, 0.2) is 0 Å². The minimum atomic E-state index is -1.49. The quantitative estimate of drug-likeness (QED) is 0.539. The summed E-state index contributed by atoms with van der Waals surface area (Å²) in [5.41, 5.74) is 0.953. The Morgan fingerprint density at radius 1 is 1.18 bits per heavy atom. The maximum atomic E-state index is 8.95. The molecule has 6 heteroatoms. The Bertz CT molecular complexity index is 446. The molecule has 0 aromatic carbocycles. The van der Waals surface area contributed by atoms with E-state index in [-0.39, 0.29) is 0 Å². The number of hydrogen-bond acceptors (Lipinski definition) is 3. The Morgan fingerprint density at radius 3 is 2.29 bits per heavy atom. The lowest BCUT2D eigenvalue weighted by Crippen LogP contribution is -2.28. The molecular formula is C11H18BClN2O2. The lowest BCUT2D eigenvalue weighted by Gasteiger charge is -1.95. The third-order valence-electron chi connectivity index (χ3n) is 1.81. The van der Waals surface area contributed by atoms with Gasteiger partial charge in [-0.1, -0.05) is 39.3 Å². The molecule has 2 rings (SSSR count). The van der Waals surface area contributed by atoms with Gasteiger partial charge in [0.05, 0.1) is 0 Å². The molecule has 2 aromatic rings. The molecule has 0 amide bonds. The van der Waals surface area contributed by atoms with Gasteiger partial charge in [-0.3, -0.25) is 0 Å². The van der Waals surface area contributed by atoms with Crippen molar-refractivity contribution in [3.8, 4) is 0 Å². The summed E-state index contributed by atoms with van der Waals surface area (Å²) >= 11 is 5.65. The summed E-state index contributed by atoms with van der Waals surface area (Å²) in [4.78, 5) is 6.76. The molecule has 0 aliphatic rings. The third kappa shape index (κ3) is 4.04. The van der Waals surface area contributed by atoms with E-state index in [9.17, 15) is 0 Å². The third-order valence-corrected chi connectivity index (χ3v) is 2.03. The summed E-state index contributed by atoms with van der Waals surface area (Å²) in [7, 11) is -1.49. The van der Waals surface area contributed by atoms with Crippen molar-refractivity contribution in [2.45, 2.75) is 27.7 Å². The van der Waals surface area contributed by atoms with Gasteiger partial charge in [0.25, 0.3) is 0 Å². The van der Waals surface area contributed by atoms with Crippen LogP contribution >= 0.6 is 11.6 Å². The molecule has 0 atom stereocenters. The highest BCUT2D eigenvalue weighted by Crippen LogP contribution is 2.11. The summed E-state index contributed by atoms with van der Waals surface area (Å²) in [5, 5.41) is 18.9. The SMILES string of the molecule is CC.CC.OB(O)c1c[nH]c2nc(Cl)ccc12. The van der Waals surface area contributed by atoms with Crippen LogP contribution in [0.25, 0.3) is 11.0 Å². The van der Waals surface area contributed by atoms with E-state index in [4.69, 9.17) is 21.6 Å². The molecule has 0 aliphatic carbocycles. The predicted molar refractivity (Wildman–Crippen MR) is 73.6 cm³/mol. The van der Waals surface area contributed by atoms with Gasteiger partial charge in [0.2, 0.25) is 0 Å². The molecule has 2 heterocycles. The van der Waals surface area contributed by atoms with Crippen molar-refractivity contribution in [1.82, 2.24) is 9.97 Å². The summed E-state index contributed by atoms with van der Waals surface area (Å²) in [6, 6.07) is 3.29. The van der Waals surface area contributed by atoms with Crippen LogP contribution in [0.4, 0.5) is 0 Å². The van der Waals surface area contributed by atoms with E-state index in [1.807, 2.05) is 27.7 Å². The molecule has 94 valence electrons. The van der Waals surface area contributed by atoms with Gasteiger partial charge in [-0.15, -0.1) is 0 Å². The number of rotatable bonds is 1. The maximum absolute atomic E-state index is 8.95. The van der Waals surface area contributed by atoms with Gasteiger partial charge < -0.3 is 15.0 Å². The summed E-state index contributed by atoms with van der Waals surface area (Å²) in [6.45, 7) is 8.00. The minimum absolute atomic E-state index is 0.369. The first kappa shape index (κ1) is 16.0. The van der Waals surface area contributed by atoms with Crippen molar-refractivity contribution in [2.75, 3.05) is 0 Å². The molecule has 0 unspecified atom stereocenters. The number of halogens is 1. The number of nitrogens with zero attached hydrogens (tertiary/aromatic N) is 1. The fraction of sp³-hybridized carbons (Fsp3) is 0.364. The van der Waals surface area contributed by atoms with E-state index in [0.717, 1.165) is 0 Å². The van der Waals surface area contributed by atoms with Gasteiger partial charge in [-0.2, -0.15) is 0 Å². The number of aromatic amines is 1. The van der Waals surface area contributed by atoms with E-state index in [1.165, 1.54) is 6.20 Å². The molecule has 3 N–H and O–H groups in total. The molecule has 0 spiro atoms. The molecule has 0 radical (unpaired) electrons.